The number of rotatable bonds is 3. The highest BCUT2D eigenvalue weighted by atomic mass is 32.2. The number of fused-ring (bicyclic) bond motifs is 1. The molecule has 0 bridgehead atoms. The molecule has 0 aliphatic heterocycles. The Morgan fingerprint density at radius 2 is 2.27 bits per heavy atom. The van der Waals surface area contributed by atoms with E-state index in [-0.39, 0.29) is 5.48 Å². The van der Waals surface area contributed by atoms with E-state index in [0.29, 0.717) is 16.6 Å². The molecule has 0 amide bonds. The third kappa shape index (κ3) is 2.37. The number of nitrogens with zero attached hydrogens (tertiary/aromatic N) is 3. The van der Waals surface area contributed by atoms with Crippen LogP contribution in [0.3, 0.4) is 0 Å². The van der Waals surface area contributed by atoms with Crippen LogP contribution in [0.15, 0.2) is 17.7 Å². The molecule has 2 aromatic heterocycles. The molecule has 1 unspecified atom stereocenters. The second-order valence-corrected chi connectivity index (χ2v) is 4.31. The number of nitrogens with one attached hydrogen (secondary N) is 1. The van der Waals surface area contributed by atoms with Crippen LogP contribution in [-0.2, 0) is 10.8 Å². The molecule has 0 saturated heterocycles. The van der Waals surface area contributed by atoms with Crippen LogP contribution in [-0.4, -0.2) is 35.4 Å². The molecule has 6 nitrogen and oxygen atoms in total. The quantitative estimate of drug-likeness (QED) is 0.749. The number of aromatic amines is 1. The average molecular weight is 228 g/mol. The topological polar surface area (TPSA) is 103 Å². The Kier molecular flexibility index (Phi) is 3.87. The second kappa shape index (κ2) is 4.94. The molecule has 15 heavy (non-hydrogen) atoms. The zero-order valence-corrected chi connectivity index (χ0v) is 9.04. The van der Waals surface area contributed by atoms with Gasteiger partial charge in [-0.3, -0.25) is 4.21 Å². The van der Waals surface area contributed by atoms with E-state index in [1.54, 1.807) is 12.5 Å². The molecule has 2 rings (SSSR count). The van der Waals surface area contributed by atoms with Crippen molar-refractivity contribution in [3.05, 3.63) is 12.5 Å². The highest BCUT2D eigenvalue weighted by Crippen LogP contribution is 2.07. The lowest BCUT2D eigenvalue weighted by Gasteiger charge is -1.97. The highest BCUT2D eigenvalue weighted by Gasteiger charge is 2.07. The van der Waals surface area contributed by atoms with Crippen LogP contribution in [0.5, 0.6) is 0 Å². The molecule has 0 aliphatic rings. The van der Waals surface area contributed by atoms with Gasteiger partial charge in [-0.25, -0.2) is 9.97 Å². The van der Waals surface area contributed by atoms with Gasteiger partial charge in [0.05, 0.1) is 23.3 Å². The van der Waals surface area contributed by atoms with E-state index in [4.69, 9.17) is 0 Å². The minimum absolute atomic E-state index is 0. The zero-order valence-electron chi connectivity index (χ0n) is 8.23. The van der Waals surface area contributed by atoms with Gasteiger partial charge in [-0.2, -0.15) is 4.98 Å². The van der Waals surface area contributed by atoms with Gasteiger partial charge in [0.25, 0.3) is 0 Å². The Balaban J connectivity index is 0.00000112. The summed E-state index contributed by atoms with van der Waals surface area (Å²) in [6.07, 6.45) is 4.01. The van der Waals surface area contributed by atoms with E-state index in [0.717, 1.165) is 11.9 Å². The van der Waals surface area contributed by atoms with Crippen LogP contribution in [0.4, 0.5) is 0 Å². The average Bonchev–Trinajstić information content (AvgIpc) is 2.64. The molecule has 0 spiro atoms. The van der Waals surface area contributed by atoms with Crippen molar-refractivity contribution in [1.29, 1.82) is 0 Å². The van der Waals surface area contributed by atoms with Crippen molar-refractivity contribution >= 4 is 22.0 Å². The Morgan fingerprint density at radius 3 is 3.00 bits per heavy atom. The summed E-state index contributed by atoms with van der Waals surface area (Å²) in [5, 5.41) is 0.367. The van der Waals surface area contributed by atoms with Crippen molar-refractivity contribution in [3.8, 4) is 0 Å². The second-order valence-electron chi connectivity index (χ2n) is 2.84. The van der Waals surface area contributed by atoms with Gasteiger partial charge < -0.3 is 10.5 Å². The van der Waals surface area contributed by atoms with Crippen molar-refractivity contribution in [1.82, 2.24) is 19.9 Å². The van der Waals surface area contributed by atoms with Crippen molar-refractivity contribution in [2.24, 2.45) is 0 Å². The summed E-state index contributed by atoms with van der Waals surface area (Å²) >= 11 is 0. The molecule has 82 valence electrons. The standard InChI is InChI=1S/C8H10N4OS.H2O/c1-2-3-14(13)8-9-4-6-7(12-8)11-5-10-6;/h4-5H,2-3H2,1H3,(H,9,10,11,12);1H2. The molecule has 0 fully saturated rings. The van der Waals surface area contributed by atoms with Gasteiger partial charge in [0, 0.05) is 5.75 Å². The van der Waals surface area contributed by atoms with Gasteiger partial charge in [0.15, 0.2) is 5.65 Å². The lowest BCUT2D eigenvalue weighted by atomic mass is 10.6. The van der Waals surface area contributed by atoms with Gasteiger partial charge in [0.2, 0.25) is 5.16 Å². The SMILES string of the molecule is CCCS(=O)c1ncc2[nH]cnc2n1.O. The Morgan fingerprint density at radius 1 is 1.47 bits per heavy atom. The molecular weight excluding hydrogens is 216 g/mol. The molecule has 2 aromatic rings. The van der Waals surface area contributed by atoms with Crippen LogP contribution in [0.1, 0.15) is 13.3 Å². The number of H-pyrrole nitrogens is 1. The molecule has 0 aliphatic carbocycles. The Labute approximate surface area is 88.9 Å². The fourth-order valence-corrected chi connectivity index (χ4v) is 2.02. The molecule has 0 saturated carbocycles. The number of hydrogen-bond donors (Lipinski definition) is 1. The van der Waals surface area contributed by atoms with E-state index in [1.165, 1.54) is 0 Å². The summed E-state index contributed by atoms with van der Waals surface area (Å²) in [5.41, 5.74) is 1.33. The van der Waals surface area contributed by atoms with Crippen LogP contribution in [0.25, 0.3) is 11.2 Å². The predicted octanol–water partition coefficient (Wildman–Crippen LogP) is 0.0458. The number of hydrogen-bond acceptors (Lipinski definition) is 4. The summed E-state index contributed by atoms with van der Waals surface area (Å²) in [4.78, 5) is 15.0. The molecule has 1 atom stereocenters. The molecule has 0 aromatic carbocycles. The van der Waals surface area contributed by atoms with Crippen LogP contribution < -0.4 is 0 Å². The smallest absolute Gasteiger partial charge is 0.220 e. The minimum atomic E-state index is -1.10. The normalized spacial score (nSPS) is 12.3. The van der Waals surface area contributed by atoms with Crippen LogP contribution >= 0.6 is 0 Å². The maximum absolute atomic E-state index is 11.6. The highest BCUT2D eigenvalue weighted by molar-refractivity contribution is 7.84. The summed E-state index contributed by atoms with van der Waals surface area (Å²) < 4.78 is 11.6. The maximum atomic E-state index is 11.6. The first kappa shape index (κ1) is 11.7. The summed E-state index contributed by atoms with van der Waals surface area (Å²) in [6.45, 7) is 1.98. The van der Waals surface area contributed by atoms with E-state index in [1.807, 2.05) is 6.92 Å². The van der Waals surface area contributed by atoms with Crippen molar-refractivity contribution in [2.75, 3.05) is 5.75 Å². The van der Waals surface area contributed by atoms with Crippen molar-refractivity contribution in [3.63, 3.8) is 0 Å². The minimum Gasteiger partial charge on any atom is -0.412 e. The van der Waals surface area contributed by atoms with Crippen molar-refractivity contribution < 1.29 is 9.69 Å². The summed E-state index contributed by atoms with van der Waals surface area (Å²) in [5.74, 6) is 0.593. The van der Waals surface area contributed by atoms with Crippen LogP contribution in [0.2, 0.25) is 0 Å². The third-order valence-corrected chi connectivity index (χ3v) is 3.13. The van der Waals surface area contributed by atoms with Gasteiger partial charge in [-0.05, 0) is 6.42 Å². The Bertz CT molecular complexity index is 470. The molecular formula is C8H12N4O2S. The lowest BCUT2D eigenvalue weighted by molar-refractivity contribution is 0.675. The fraction of sp³-hybridized carbons (Fsp3) is 0.375. The fourth-order valence-electron chi connectivity index (χ4n) is 1.11. The van der Waals surface area contributed by atoms with Crippen LogP contribution in [0, 0.1) is 0 Å². The van der Waals surface area contributed by atoms with E-state index in [2.05, 4.69) is 19.9 Å². The Hall–Kier alpha value is -1.34. The van der Waals surface area contributed by atoms with Gasteiger partial charge in [0.1, 0.15) is 5.52 Å². The number of imidazole rings is 1. The summed E-state index contributed by atoms with van der Waals surface area (Å²) in [6, 6.07) is 0. The van der Waals surface area contributed by atoms with E-state index in [9.17, 15) is 4.21 Å². The first-order valence-corrected chi connectivity index (χ1v) is 5.67. The third-order valence-electron chi connectivity index (χ3n) is 1.75. The first-order chi connectivity index (χ1) is 6.81. The predicted molar refractivity (Wildman–Crippen MR) is 56.9 cm³/mol. The van der Waals surface area contributed by atoms with Gasteiger partial charge in [-0.15, -0.1) is 0 Å². The largest absolute Gasteiger partial charge is 0.412 e. The molecule has 3 N–H and O–H groups in total. The molecule has 2 heterocycles. The molecule has 0 radical (unpaired) electrons. The zero-order chi connectivity index (χ0) is 9.97. The number of aromatic nitrogens is 4. The van der Waals surface area contributed by atoms with Gasteiger partial charge >= 0.3 is 0 Å². The lowest BCUT2D eigenvalue weighted by Crippen LogP contribution is -2.02. The summed E-state index contributed by atoms with van der Waals surface area (Å²) in [7, 11) is -1.10. The van der Waals surface area contributed by atoms with E-state index < -0.39 is 10.8 Å². The van der Waals surface area contributed by atoms with E-state index >= 15 is 0 Å². The maximum Gasteiger partial charge on any atom is 0.220 e. The monoisotopic (exact) mass is 228 g/mol. The van der Waals surface area contributed by atoms with Crippen molar-refractivity contribution in [2.45, 2.75) is 18.5 Å². The molecule has 7 heteroatoms. The van der Waals surface area contributed by atoms with Gasteiger partial charge in [-0.1, -0.05) is 6.92 Å². The first-order valence-electron chi connectivity index (χ1n) is 4.35.